The zero-order valence-electron chi connectivity index (χ0n) is 21.3. The smallest absolute Gasteiger partial charge is 0.310 e. The van der Waals surface area contributed by atoms with Crippen molar-refractivity contribution in [2.75, 3.05) is 6.61 Å². The van der Waals surface area contributed by atoms with Crippen LogP contribution in [0.1, 0.15) is 79.1 Å². The zero-order valence-corrected chi connectivity index (χ0v) is 21.3. The highest BCUT2D eigenvalue weighted by atomic mass is 16.4. The first kappa shape index (κ1) is 24.1. The predicted molar refractivity (Wildman–Crippen MR) is 130 cm³/mol. The Balaban J connectivity index is 1.64. The molecule has 5 heteroatoms. The number of aliphatic hydroxyl groups excluding tert-OH is 1. The van der Waals surface area contributed by atoms with Crippen LogP contribution in [0, 0.1) is 56.7 Å². The number of aliphatic hydroxyl groups is 1. The molecule has 5 nitrogen and oxygen atoms in total. The Hall–Kier alpha value is -1.62. The highest BCUT2D eigenvalue weighted by Crippen LogP contribution is 2.77. The first-order valence-electron chi connectivity index (χ1n) is 13.3. The molecule has 0 radical (unpaired) electrons. The maximum atomic E-state index is 13.5. The van der Waals surface area contributed by atoms with E-state index in [4.69, 9.17) is 0 Å². The van der Waals surface area contributed by atoms with E-state index >= 15 is 0 Å². The van der Waals surface area contributed by atoms with Crippen LogP contribution in [0.15, 0.2) is 24.3 Å². The van der Waals surface area contributed by atoms with E-state index < -0.39 is 28.2 Å². The van der Waals surface area contributed by atoms with Crippen molar-refractivity contribution in [2.45, 2.75) is 79.1 Å². The van der Waals surface area contributed by atoms with Gasteiger partial charge in [-0.15, -0.1) is 0 Å². The third-order valence-electron chi connectivity index (χ3n) is 12.4. The lowest BCUT2D eigenvalue weighted by Crippen LogP contribution is -2.68. The van der Waals surface area contributed by atoms with Gasteiger partial charge < -0.3 is 15.3 Å². The molecule has 0 aromatic rings. The van der Waals surface area contributed by atoms with E-state index in [1.54, 1.807) is 0 Å². The van der Waals surface area contributed by atoms with Crippen molar-refractivity contribution < 1.29 is 24.9 Å². The van der Waals surface area contributed by atoms with Crippen molar-refractivity contribution in [1.82, 2.24) is 0 Å². The second-order valence-electron chi connectivity index (χ2n) is 13.4. The van der Waals surface area contributed by atoms with Crippen LogP contribution in [0.5, 0.6) is 0 Å². The molecule has 4 saturated carbocycles. The molecule has 0 heterocycles. The van der Waals surface area contributed by atoms with Gasteiger partial charge in [0.25, 0.3) is 0 Å². The van der Waals surface area contributed by atoms with Crippen LogP contribution in [0.4, 0.5) is 0 Å². The molecule has 3 N–H and O–H groups in total. The van der Waals surface area contributed by atoms with Crippen molar-refractivity contribution in [3.63, 3.8) is 0 Å². The summed E-state index contributed by atoms with van der Waals surface area (Å²) >= 11 is 0. The molecular weight excluding hydrogens is 428 g/mol. The van der Waals surface area contributed by atoms with Gasteiger partial charge in [0.15, 0.2) is 0 Å². The molecule has 5 aliphatic carbocycles. The molecule has 0 aromatic heterocycles. The fourth-order valence-electron chi connectivity index (χ4n) is 10.9. The summed E-state index contributed by atoms with van der Waals surface area (Å²) in [5, 5.41) is 31.7. The monoisotopic (exact) mass is 470 g/mol. The minimum absolute atomic E-state index is 0.0799. The Morgan fingerprint density at radius 2 is 1.62 bits per heavy atom. The van der Waals surface area contributed by atoms with Crippen LogP contribution >= 0.6 is 0 Å². The lowest BCUT2D eigenvalue weighted by molar-refractivity contribution is -0.232. The Kier molecular flexibility index (Phi) is 5.11. The minimum atomic E-state index is -0.919. The van der Waals surface area contributed by atoms with Crippen LogP contribution in [0.25, 0.3) is 0 Å². The van der Waals surface area contributed by atoms with E-state index in [2.05, 4.69) is 39.5 Å². The van der Waals surface area contributed by atoms with E-state index in [1.807, 2.05) is 6.92 Å². The predicted octanol–water partition coefficient (Wildman–Crippen LogP) is 5.54. The topological polar surface area (TPSA) is 94.8 Å². The zero-order chi connectivity index (χ0) is 24.9. The summed E-state index contributed by atoms with van der Waals surface area (Å²) in [4.78, 5) is 26.2. The van der Waals surface area contributed by atoms with Crippen LogP contribution in [-0.2, 0) is 9.59 Å². The molecule has 0 saturated heterocycles. The number of hydrogen-bond donors (Lipinski definition) is 3. The van der Waals surface area contributed by atoms with Gasteiger partial charge in [-0.25, -0.2) is 0 Å². The third-order valence-corrected chi connectivity index (χ3v) is 12.4. The lowest BCUT2D eigenvalue weighted by Gasteiger charge is -2.69. The van der Waals surface area contributed by atoms with Gasteiger partial charge in [0.1, 0.15) is 0 Å². The molecule has 0 bridgehead atoms. The van der Waals surface area contributed by atoms with Gasteiger partial charge in [0.2, 0.25) is 0 Å². The fourth-order valence-corrected chi connectivity index (χ4v) is 10.9. The van der Waals surface area contributed by atoms with Gasteiger partial charge in [-0.05, 0) is 98.7 Å². The lowest BCUT2D eigenvalue weighted by atomic mass is 9.33. The van der Waals surface area contributed by atoms with E-state index in [-0.39, 0.29) is 41.1 Å². The number of aliphatic carboxylic acids is 2. The quantitative estimate of drug-likeness (QED) is 0.469. The maximum absolute atomic E-state index is 13.5. The highest BCUT2D eigenvalue weighted by molar-refractivity contribution is 5.80. The number of carboxylic acid groups (broad SMARTS) is 2. The Labute approximate surface area is 203 Å². The fraction of sp³-hybridized carbons (Fsp3) is 0.793. The molecule has 0 aromatic carbocycles. The molecule has 34 heavy (non-hydrogen) atoms. The number of carbonyl (C=O) groups is 2. The summed E-state index contributed by atoms with van der Waals surface area (Å²) < 4.78 is 0. The normalized spacial score (nSPS) is 53.4. The number of rotatable bonds is 4. The van der Waals surface area contributed by atoms with Crippen molar-refractivity contribution >= 4 is 11.9 Å². The third kappa shape index (κ3) is 2.55. The Morgan fingerprint density at radius 3 is 2.21 bits per heavy atom. The molecule has 10 atom stereocenters. The molecule has 188 valence electrons. The maximum Gasteiger partial charge on any atom is 0.310 e. The van der Waals surface area contributed by atoms with Gasteiger partial charge >= 0.3 is 11.9 Å². The summed E-state index contributed by atoms with van der Waals surface area (Å²) in [5.74, 6) is -1.16. The number of fused-ring (bicyclic) bond motifs is 7. The highest BCUT2D eigenvalue weighted by Gasteiger charge is 2.75. The van der Waals surface area contributed by atoms with Crippen molar-refractivity contribution in [3.8, 4) is 0 Å². The van der Waals surface area contributed by atoms with E-state index in [1.165, 1.54) is 0 Å². The summed E-state index contributed by atoms with van der Waals surface area (Å²) in [7, 11) is 0. The molecule has 5 aliphatic rings. The SMILES string of the molecule is C=C(C)C1CCC2(C(=O)O)CCC3(C(=O)O)C(CCC4C5(C)C=CC(C)(CO)C5CCC43C)C12. The first-order valence-corrected chi connectivity index (χ1v) is 13.3. The van der Waals surface area contributed by atoms with E-state index in [9.17, 15) is 24.9 Å². The minimum Gasteiger partial charge on any atom is -0.481 e. The van der Waals surface area contributed by atoms with Crippen molar-refractivity contribution in [2.24, 2.45) is 56.7 Å². The number of carboxylic acids is 2. The Bertz CT molecular complexity index is 970. The standard InChI is InChI=1S/C29H42O5/c1-17(2)18-8-11-28(23(31)32)14-15-29(24(33)34)19(22(18)28)6-7-21-26(4)13-12-25(3,16-30)20(26)9-10-27(21,29)5/h12-13,18-22,30H,1,6-11,14-16H2,2-5H3,(H,31,32)(H,33,34). The van der Waals surface area contributed by atoms with Gasteiger partial charge in [0, 0.05) is 5.41 Å². The Morgan fingerprint density at radius 1 is 0.912 bits per heavy atom. The van der Waals surface area contributed by atoms with Crippen molar-refractivity contribution in [3.05, 3.63) is 24.3 Å². The summed E-state index contributed by atoms with van der Waals surface area (Å²) in [6, 6.07) is 0. The van der Waals surface area contributed by atoms with Crippen LogP contribution in [0.2, 0.25) is 0 Å². The van der Waals surface area contributed by atoms with E-state index in [0.717, 1.165) is 37.7 Å². The van der Waals surface area contributed by atoms with E-state index in [0.29, 0.717) is 25.2 Å². The van der Waals surface area contributed by atoms with Gasteiger partial charge in [0.05, 0.1) is 17.4 Å². The van der Waals surface area contributed by atoms with Gasteiger partial charge in [-0.3, -0.25) is 9.59 Å². The number of hydrogen-bond acceptors (Lipinski definition) is 3. The molecule has 10 unspecified atom stereocenters. The second-order valence-corrected chi connectivity index (χ2v) is 13.4. The summed E-state index contributed by atoms with van der Waals surface area (Å²) in [6.07, 6.45) is 10.2. The summed E-state index contributed by atoms with van der Waals surface area (Å²) in [5.41, 5.74) is -1.55. The first-order chi connectivity index (χ1) is 15.8. The summed E-state index contributed by atoms with van der Waals surface area (Å²) in [6.45, 7) is 13.0. The average Bonchev–Trinajstić information content (AvgIpc) is 3.30. The van der Waals surface area contributed by atoms with Crippen LogP contribution < -0.4 is 0 Å². The molecule has 5 rings (SSSR count). The molecule has 0 amide bonds. The average molecular weight is 471 g/mol. The van der Waals surface area contributed by atoms with Crippen molar-refractivity contribution in [1.29, 1.82) is 0 Å². The molecular formula is C29H42O5. The van der Waals surface area contributed by atoms with Gasteiger partial charge in [-0.2, -0.15) is 0 Å². The largest absolute Gasteiger partial charge is 0.481 e. The second kappa shape index (κ2) is 7.21. The molecule has 0 spiro atoms. The van der Waals surface area contributed by atoms with Crippen LogP contribution in [0.3, 0.4) is 0 Å². The number of allylic oxidation sites excluding steroid dienone is 2. The molecule has 4 fully saturated rings. The van der Waals surface area contributed by atoms with Gasteiger partial charge in [-0.1, -0.05) is 45.1 Å². The van der Waals surface area contributed by atoms with Crippen LogP contribution in [-0.4, -0.2) is 33.9 Å². The molecule has 0 aliphatic heterocycles.